The lowest BCUT2D eigenvalue weighted by molar-refractivity contribution is 0.0946. The van der Waals surface area contributed by atoms with Gasteiger partial charge in [-0.3, -0.25) is 19.6 Å². The number of amides is 2. The molecule has 0 atom stereocenters. The van der Waals surface area contributed by atoms with Crippen LogP contribution < -0.4 is 15.4 Å². The minimum Gasteiger partial charge on any atom is -0.497 e. The smallest absolute Gasteiger partial charge is 0.270 e. The summed E-state index contributed by atoms with van der Waals surface area (Å²) in [5.41, 5.74) is 2.01. The molecule has 136 valence electrons. The molecule has 2 amide bonds. The first-order chi connectivity index (χ1) is 13.2. The second-order valence-electron chi connectivity index (χ2n) is 5.66. The maximum atomic E-state index is 12.4. The van der Waals surface area contributed by atoms with Crippen molar-refractivity contribution in [1.29, 1.82) is 0 Å². The summed E-state index contributed by atoms with van der Waals surface area (Å²) < 4.78 is 5.09. The number of ether oxygens (including phenoxy) is 1. The van der Waals surface area contributed by atoms with Crippen LogP contribution >= 0.6 is 0 Å². The second-order valence-corrected chi connectivity index (χ2v) is 5.66. The van der Waals surface area contributed by atoms with Crippen molar-refractivity contribution >= 4 is 17.5 Å². The summed E-state index contributed by atoms with van der Waals surface area (Å²) in [6, 6.07) is 13.6. The lowest BCUT2D eigenvalue weighted by Gasteiger charge is -2.08. The molecule has 0 aliphatic heterocycles. The fourth-order valence-corrected chi connectivity index (χ4v) is 2.35. The molecule has 0 saturated carbocycles. The van der Waals surface area contributed by atoms with Gasteiger partial charge in [-0.1, -0.05) is 6.07 Å². The van der Waals surface area contributed by atoms with Gasteiger partial charge in [-0.15, -0.1) is 0 Å². The van der Waals surface area contributed by atoms with Crippen molar-refractivity contribution in [2.75, 3.05) is 12.4 Å². The van der Waals surface area contributed by atoms with E-state index >= 15 is 0 Å². The highest BCUT2D eigenvalue weighted by atomic mass is 16.5. The summed E-state index contributed by atoms with van der Waals surface area (Å²) in [4.78, 5) is 32.7. The number of aromatic nitrogens is 2. The number of nitrogens with zero attached hydrogens (tertiary/aromatic N) is 2. The van der Waals surface area contributed by atoms with Crippen LogP contribution in [-0.2, 0) is 6.54 Å². The second kappa shape index (κ2) is 8.57. The Balaban J connectivity index is 1.64. The Hall–Kier alpha value is -3.74. The lowest BCUT2D eigenvalue weighted by atomic mass is 10.2. The maximum absolute atomic E-state index is 12.4. The average molecular weight is 362 g/mol. The quantitative estimate of drug-likeness (QED) is 0.703. The van der Waals surface area contributed by atoms with Crippen molar-refractivity contribution in [3.8, 4) is 5.75 Å². The third-order valence-corrected chi connectivity index (χ3v) is 3.78. The van der Waals surface area contributed by atoms with Crippen molar-refractivity contribution in [3.05, 3.63) is 83.9 Å². The number of hydrogen-bond donors (Lipinski definition) is 2. The molecule has 3 rings (SSSR count). The monoisotopic (exact) mass is 362 g/mol. The molecule has 0 spiro atoms. The molecule has 0 radical (unpaired) electrons. The van der Waals surface area contributed by atoms with Gasteiger partial charge in [0.25, 0.3) is 11.8 Å². The fraction of sp³-hybridized carbons (Fsp3) is 0.100. The van der Waals surface area contributed by atoms with E-state index in [2.05, 4.69) is 20.6 Å². The zero-order valence-corrected chi connectivity index (χ0v) is 14.7. The summed E-state index contributed by atoms with van der Waals surface area (Å²) in [5.74, 6) is 0.00584. The number of nitrogens with one attached hydrogen (secondary N) is 2. The van der Waals surface area contributed by atoms with Crippen LogP contribution in [0.1, 0.15) is 26.4 Å². The van der Waals surface area contributed by atoms with E-state index in [9.17, 15) is 9.59 Å². The minimum absolute atomic E-state index is 0.168. The number of carbonyl (C=O) groups is 2. The van der Waals surface area contributed by atoms with Crippen molar-refractivity contribution in [2.24, 2.45) is 0 Å². The molecule has 2 N–H and O–H groups in total. The molecule has 3 aromatic rings. The molecule has 0 saturated heterocycles. The SMILES string of the molecule is COc1ccc(NC(=O)c2ccnc(C(=O)NCc3cccnc3)c2)cc1. The lowest BCUT2D eigenvalue weighted by Crippen LogP contribution is -2.24. The summed E-state index contributed by atoms with van der Waals surface area (Å²) in [5, 5.41) is 5.53. The molecule has 0 unspecified atom stereocenters. The van der Waals surface area contributed by atoms with Crippen molar-refractivity contribution in [3.63, 3.8) is 0 Å². The van der Waals surface area contributed by atoms with Gasteiger partial charge < -0.3 is 15.4 Å². The molecule has 0 aliphatic carbocycles. The Morgan fingerprint density at radius 1 is 1.04 bits per heavy atom. The summed E-state index contributed by atoms with van der Waals surface area (Å²) in [6.45, 7) is 0.330. The van der Waals surface area contributed by atoms with Gasteiger partial charge in [0.2, 0.25) is 0 Å². The first-order valence-corrected chi connectivity index (χ1v) is 8.24. The van der Waals surface area contributed by atoms with Crippen molar-refractivity contribution in [1.82, 2.24) is 15.3 Å². The van der Waals surface area contributed by atoms with E-state index in [-0.39, 0.29) is 17.5 Å². The van der Waals surface area contributed by atoms with E-state index in [0.717, 1.165) is 5.56 Å². The maximum Gasteiger partial charge on any atom is 0.270 e. The van der Waals surface area contributed by atoms with Crippen LogP contribution in [0, 0.1) is 0 Å². The van der Waals surface area contributed by atoms with Gasteiger partial charge >= 0.3 is 0 Å². The number of anilines is 1. The van der Waals surface area contributed by atoms with E-state index in [1.807, 2.05) is 6.07 Å². The fourth-order valence-electron chi connectivity index (χ4n) is 2.35. The van der Waals surface area contributed by atoms with Crippen molar-refractivity contribution in [2.45, 2.75) is 6.54 Å². The molecule has 2 heterocycles. The number of rotatable bonds is 6. The topological polar surface area (TPSA) is 93.2 Å². The number of carbonyl (C=O) groups excluding carboxylic acids is 2. The van der Waals surface area contributed by atoms with Crippen LogP contribution in [0.25, 0.3) is 0 Å². The Bertz CT molecular complexity index is 927. The molecule has 1 aromatic carbocycles. The predicted molar refractivity (Wildman–Crippen MR) is 101 cm³/mol. The molecular weight excluding hydrogens is 344 g/mol. The summed E-state index contributed by atoms with van der Waals surface area (Å²) in [6.07, 6.45) is 4.77. The van der Waals surface area contributed by atoms with E-state index in [1.54, 1.807) is 55.9 Å². The molecular formula is C20H18N4O3. The van der Waals surface area contributed by atoms with Crippen molar-refractivity contribution < 1.29 is 14.3 Å². The minimum atomic E-state index is -0.363. The summed E-state index contributed by atoms with van der Waals surface area (Å²) >= 11 is 0. The molecule has 2 aromatic heterocycles. The van der Waals surface area contributed by atoms with Crippen LogP contribution in [0.15, 0.2) is 67.1 Å². The third-order valence-electron chi connectivity index (χ3n) is 3.78. The number of benzene rings is 1. The van der Waals surface area contributed by atoms with Gasteiger partial charge in [0.15, 0.2) is 0 Å². The van der Waals surface area contributed by atoms with Crippen LogP contribution in [0.3, 0.4) is 0 Å². The highest BCUT2D eigenvalue weighted by Gasteiger charge is 2.12. The van der Waals surface area contributed by atoms with Gasteiger partial charge in [-0.25, -0.2) is 0 Å². The summed E-state index contributed by atoms with van der Waals surface area (Å²) in [7, 11) is 1.57. The van der Waals surface area contributed by atoms with E-state index in [0.29, 0.717) is 23.5 Å². The van der Waals surface area contributed by atoms with E-state index in [1.165, 1.54) is 12.3 Å². The van der Waals surface area contributed by atoms with Crippen LogP contribution in [0.4, 0.5) is 5.69 Å². The highest BCUT2D eigenvalue weighted by Crippen LogP contribution is 2.16. The van der Waals surface area contributed by atoms with Gasteiger partial charge in [0.1, 0.15) is 11.4 Å². The van der Waals surface area contributed by atoms with Crippen LogP contribution in [0.2, 0.25) is 0 Å². The number of methoxy groups -OCH3 is 1. The number of hydrogen-bond acceptors (Lipinski definition) is 5. The molecule has 7 heteroatoms. The molecule has 0 fully saturated rings. The number of pyridine rings is 2. The molecule has 0 bridgehead atoms. The van der Waals surface area contributed by atoms with E-state index in [4.69, 9.17) is 4.74 Å². The first-order valence-electron chi connectivity index (χ1n) is 8.24. The zero-order chi connectivity index (χ0) is 19.1. The molecule has 0 aliphatic rings. The first kappa shape index (κ1) is 18.1. The Kier molecular flexibility index (Phi) is 5.73. The third kappa shape index (κ3) is 4.88. The van der Waals surface area contributed by atoms with Gasteiger partial charge in [0, 0.05) is 36.4 Å². The zero-order valence-electron chi connectivity index (χ0n) is 14.7. The van der Waals surface area contributed by atoms with Gasteiger partial charge in [-0.05, 0) is 48.0 Å². The Morgan fingerprint density at radius 3 is 2.56 bits per heavy atom. The highest BCUT2D eigenvalue weighted by molar-refractivity contribution is 6.05. The standard InChI is InChI=1S/C20H18N4O3/c1-27-17-6-4-16(5-7-17)24-19(25)15-8-10-22-18(11-15)20(26)23-13-14-3-2-9-21-12-14/h2-12H,13H2,1H3,(H,23,26)(H,24,25). The normalized spacial score (nSPS) is 10.1. The van der Waals surface area contributed by atoms with Gasteiger partial charge in [0.05, 0.1) is 7.11 Å². The molecule has 7 nitrogen and oxygen atoms in total. The van der Waals surface area contributed by atoms with E-state index < -0.39 is 0 Å². The predicted octanol–water partition coefficient (Wildman–Crippen LogP) is 2.67. The van der Waals surface area contributed by atoms with Crippen LogP contribution in [0.5, 0.6) is 5.75 Å². The Labute approximate surface area is 156 Å². The van der Waals surface area contributed by atoms with Crippen LogP contribution in [-0.4, -0.2) is 28.9 Å². The van der Waals surface area contributed by atoms with Gasteiger partial charge in [-0.2, -0.15) is 0 Å². The molecule has 27 heavy (non-hydrogen) atoms. The average Bonchev–Trinajstić information content (AvgIpc) is 2.73. The Morgan fingerprint density at radius 2 is 1.85 bits per heavy atom. The largest absolute Gasteiger partial charge is 0.497 e.